The normalized spacial score (nSPS) is 11.0. The first kappa shape index (κ1) is 85.0. The van der Waals surface area contributed by atoms with Gasteiger partial charge in [-0.1, -0.05) is 86.5 Å². The number of hydrogen-bond acceptors (Lipinski definition) is 17. The van der Waals surface area contributed by atoms with Crippen molar-refractivity contribution < 1.29 is 73.5 Å². The Morgan fingerprint density at radius 3 is 1.09 bits per heavy atom. The Hall–Kier alpha value is -13.4. The predicted octanol–water partition coefficient (Wildman–Crippen LogP) is 15.5. The minimum Gasteiger partial charge on any atom is -0.423 e. The smallest absolute Gasteiger partial charge is 0.423 e. The van der Waals surface area contributed by atoms with Crippen molar-refractivity contribution >= 4 is 102 Å². The molecule has 37 heteroatoms. The second-order valence-corrected chi connectivity index (χ2v) is 26.1. The quantitative estimate of drug-likeness (QED) is 0.0285. The Morgan fingerprint density at radius 1 is 0.397 bits per heavy atom. The van der Waals surface area contributed by atoms with Crippen LogP contribution in [0.25, 0.3) is 62.0 Å². The van der Waals surface area contributed by atoms with Gasteiger partial charge in [-0.25, -0.2) is 29.0 Å². The maximum absolute atomic E-state index is 13.8. The molecule has 0 spiro atoms. The van der Waals surface area contributed by atoms with E-state index >= 15 is 0 Å². The summed E-state index contributed by atoms with van der Waals surface area (Å²) in [5, 5.41) is 39.6. The highest BCUT2D eigenvalue weighted by molar-refractivity contribution is 9.10. The van der Waals surface area contributed by atoms with Crippen molar-refractivity contribution in [3.05, 3.63) is 322 Å². The Kier molecular flexibility index (Phi) is 28.2. The van der Waals surface area contributed by atoms with Crippen LogP contribution in [0.1, 0.15) is 68.9 Å². The molecule has 0 radical (unpaired) electrons. The minimum absolute atomic E-state index is 0.0719. The first-order valence-corrected chi connectivity index (χ1v) is 35.6. The minimum atomic E-state index is -4.66. The van der Waals surface area contributed by atoms with Gasteiger partial charge >= 0.3 is 25.6 Å². The number of nitrogen functional groups attached to an aromatic ring is 1. The second kappa shape index (κ2) is 38.4. The van der Waals surface area contributed by atoms with Gasteiger partial charge in [0, 0.05) is 105 Å². The van der Waals surface area contributed by atoms with Gasteiger partial charge in [0.05, 0.1) is 52.7 Å². The molecule has 116 heavy (non-hydrogen) atoms. The standard InChI is InChI=1S/C29H21F3N6O2.C21H13BrF3N5O.C14H10F3N5.C8H10BNO3.C7H4BrClO/c1-33-27(39)19-9-7-18(8-10-19)20-4-2-5-21(14-20)28(40)36-26-12-11-23(17-35-26)38-25(29(30,31)32)15-24(37-38)22-6-3-13-34-16-22;22-15-5-1-3-13(9-15)20(31)28-19-7-6-16(12-27-19)30-18(21(23,24)25)10-17(29-30)14-4-2-8-26-11-14;15-14(16,17)12-6-11(9-2-1-5-19-7-9)21-22(12)10-3-4-13(18)20-8-10;1-10-8(11)6-2-4-7(5-3-6)9(12)13;8-6-3-1-2-5(4-6)7(9)10/h2-17H,1H3,(H,33,39)(H,35,36,40);1-12H,(H,27,28,31);1-8H,(H2,18,20);2-5,12-13H,1H3,(H,10,11);1-4H. The SMILES string of the molecule is CNC(=O)c1ccc(-c2cccc(C(=O)Nc3ccc(-n4nc(-c5cccnc5)cc4C(F)(F)F)cn3)c2)cc1.CNC(=O)c1ccc(B(O)O)cc1.Nc1ccc(-n2nc(-c3cccnc3)cc2C(F)(F)F)cn1.O=C(Cl)c1cccc(Br)c1.O=C(Nc1ccc(-n2nc(-c3cccnc3)cc2C(F)(F)F)cn1)c1cccc(Br)c1. The van der Waals surface area contributed by atoms with E-state index < -0.39 is 59.8 Å². The first-order chi connectivity index (χ1) is 55.3. The topological polar surface area (TPSA) is 331 Å². The number of carbonyl (C=O) groups excluding carboxylic acids is 5. The summed E-state index contributed by atoms with van der Waals surface area (Å²) < 4.78 is 126. The van der Waals surface area contributed by atoms with Crippen LogP contribution < -0.4 is 32.5 Å². The number of anilines is 3. The Morgan fingerprint density at radius 2 is 0.759 bits per heavy atom. The number of halogens is 12. The van der Waals surface area contributed by atoms with Crippen LogP contribution in [0, 0.1) is 0 Å². The maximum Gasteiger partial charge on any atom is 0.488 e. The number of carbonyl (C=O) groups is 5. The number of alkyl halides is 9. The molecule has 5 aromatic carbocycles. The molecule has 24 nitrogen and oxygen atoms in total. The summed E-state index contributed by atoms with van der Waals surface area (Å²) in [4.78, 5) is 82.3. The van der Waals surface area contributed by atoms with E-state index in [1.807, 2.05) is 12.1 Å². The number of nitrogens with one attached hydrogen (secondary N) is 4. The highest BCUT2D eigenvalue weighted by Crippen LogP contribution is 2.38. The van der Waals surface area contributed by atoms with E-state index in [1.165, 1.54) is 123 Å². The van der Waals surface area contributed by atoms with Crippen LogP contribution in [-0.2, 0) is 18.5 Å². The second-order valence-electron chi connectivity index (χ2n) is 24.0. The number of aromatic nitrogens is 12. The Balaban J connectivity index is 0.000000165. The summed E-state index contributed by atoms with van der Waals surface area (Å²) in [5.74, 6) is -0.664. The van der Waals surface area contributed by atoms with Crippen LogP contribution in [0.15, 0.2) is 277 Å². The molecule has 0 aliphatic rings. The molecule has 14 aromatic rings. The summed E-state index contributed by atoms with van der Waals surface area (Å²) >= 11 is 11.7. The fraction of sp³-hybridized carbons (Fsp3) is 0.0633. The number of pyridine rings is 6. The molecule has 0 aliphatic carbocycles. The van der Waals surface area contributed by atoms with Crippen molar-refractivity contribution in [3.8, 4) is 62.0 Å². The summed E-state index contributed by atoms with van der Waals surface area (Å²) in [6.45, 7) is 0. The molecule has 0 unspecified atom stereocenters. The van der Waals surface area contributed by atoms with Crippen molar-refractivity contribution in [2.24, 2.45) is 0 Å². The summed E-state index contributed by atoms with van der Waals surface area (Å²) in [6, 6.07) is 54.7. The molecular formula is C79H58BBr2ClF9N17O7. The average Bonchev–Trinajstić information content (AvgIpc) is 1.64. The molecule has 0 saturated carbocycles. The number of amides is 4. The molecule has 0 aliphatic heterocycles. The Bertz CT molecular complexity index is 5730. The maximum atomic E-state index is 13.8. The van der Waals surface area contributed by atoms with Gasteiger partial charge in [-0.2, -0.15) is 54.8 Å². The van der Waals surface area contributed by atoms with Crippen molar-refractivity contribution in [3.63, 3.8) is 0 Å². The van der Waals surface area contributed by atoms with Gasteiger partial charge < -0.3 is 37.0 Å². The summed E-state index contributed by atoms with van der Waals surface area (Å²) in [7, 11) is 1.60. The van der Waals surface area contributed by atoms with E-state index in [-0.39, 0.29) is 63.4 Å². The molecule has 0 fully saturated rings. The lowest BCUT2D eigenvalue weighted by molar-refractivity contribution is -0.143. The van der Waals surface area contributed by atoms with Crippen LogP contribution >= 0.6 is 43.5 Å². The lowest BCUT2D eigenvalue weighted by atomic mass is 9.80. The van der Waals surface area contributed by atoms with Crippen LogP contribution in [0.3, 0.4) is 0 Å². The van der Waals surface area contributed by atoms with Crippen molar-refractivity contribution in [1.82, 2.24) is 69.9 Å². The van der Waals surface area contributed by atoms with Gasteiger partial charge in [0.2, 0.25) is 0 Å². The van der Waals surface area contributed by atoms with Crippen molar-refractivity contribution in [2.75, 3.05) is 30.5 Å². The molecule has 14 rings (SSSR count). The van der Waals surface area contributed by atoms with E-state index in [2.05, 4.69) is 98.3 Å². The molecule has 9 heterocycles. The fourth-order valence-corrected chi connectivity index (χ4v) is 11.3. The van der Waals surface area contributed by atoms with Crippen LogP contribution in [0.5, 0.6) is 0 Å². The molecule has 0 atom stereocenters. The van der Waals surface area contributed by atoms with Gasteiger partial charge in [0.25, 0.3) is 28.9 Å². The highest BCUT2D eigenvalue weighted by atomic mass is 79.9. The number of nitrogens with zero attached hydrogens (tertiary/aromatic N) is 12. The van der Waals surface area contributed by atoms with Gasteiger partial charge in [0.15, 0.2) is 0 Å². The van der Waals surface area contributed by atoms with Crippen molar-refractivity contribution in [2.45, 2.75) is 18.5 Å². The summed E-state index contributed by atoms with van der Waals surface area (Å²) in [6.07, 6.45) is -1.27. The van der Waals surface area contributed by atoms with Gasteiger partial charge in [0.1, 0.15) is 34.5 Å². The van der Waals surface area contributed by atoms with Crippen LogP contribution in [0.2, 0.25) is 0 Å². The monoisotopic (exact) mass is 1730 g/mol. The molecule has 4 amide bonds. The van der Waals surface area contributed by atoms with E-state index in [0.717, 1.165) is 52.3 Å². The third-order valence-corrected chi connectivity index (χ3v) is 17.2. The number of hydrogen-bond donors (Lipinski definition) is 7. The zero-order chi connectivity index (χ0) is 83.4. The molecule has 0 bridgehead atoms. The zero-order valence-electron chi connectivity index (χ0n) is 59.9. The first-order valence-electron chi connectivity index (χ1n) is 33.7. The molecular weight excluding hydrogens is 1680 g/mol. The number of nitrogens with two attached hydrogens (primary N) is 1. The van der Waals surface area contributed by atoms with Crippen molar-refractivity contribution in [1.29, 1.82) is 0 Å². The zero-order valence-corrected chi connectivity index (χ0v) is 63.8. The summed E-state index contributed by atoms with van der Waals surface area (Å²) in [5.41, 5.74) is 9.04. The van der Waals surface area contributed by atoms with Gasteiger partial charge in [-0.15, -0.1) is 0 Å². The molecule has 588 valence electrons. The van der Waals surface area contributed by atoms with Crippen LogP contribution in [-0.4, -0.2) is 119 Å². The van der Waals surface area contributed by atoms with E-state index in [0.29, 0.717) is 50.0 Å². The van der Waals surface area contributed by atoms with Gasteiger partial charge in [-0.05, 0) is 186 Å². The van der Waals surface area contributed by atoms with E-state index in [1.54, 1.807) is 128 Å². The number of benzene rings is 5. The number of rotatable bonds is 15. The third kappa shape index (κ3) is 22.9. The Labute approximate surface area is 674 Å². The van der Waals surface area contributed by atoms with Gasteiger partial charge in [-0.3, -0.25) is 38.9 Å². The highest BCUT2D eigenvalue weighted by Gasteiger charge is 2.39. The molecule has 9 aromatic heterocycles. The van der Waals surface area contributed by atoms with Crippen LogP contribution in [0.4, 0.5) is 57.0 Å². The fourth-order valence-electron chi connectivity index (χ4n) is 10.4. The third-order valence-electron chi connectivity index (χ3n) is 16.0. The molecule has 0 saturated heterocycles. The lowest BCUT2D eigenvalue weighted by Gasteiger charge is -2.11. The van der Waals surface area contributed by atoms with E-state index in [4.69, 9.17) is 27.4 Å². The lowest BCUT2D eigenvalue weighted by Crippen LogP contribution is -2.30. The largest absolute Gasteiger partial charge is 0.488 e. The molecule has 8 N–H and O–H groups in total. The predicted molar refractivity (Wildman–Crippen MR) is 422 cm³/mol. The average molecular weight is 1730 g/mol. The van der Waals surface area contributed by atoms with E-state index in [9.17, 15) is 63.5 Å².